The monoisotopic (exact) mass is 265 g/mol. The molecule has 0 bridgehead atoms. The van der Waals surface area contributed by atoms with Crippen LogP contribution in [-0.4, -0.2) is 24.1 Å². The number of hydrazone groups is 1. The predicted octanol–water partition coefficient (Wildman–Crippen LogP) is 1.19. The molecule has 0 fully saturated rings. The van der Waals surface area contributed by atoms with Crippen LogP contribution in [0.15, 0.2) is 29.4 Å². The third kappa shape index (κ3) is 4.87. The van der Waals surface area contributed by atoms with Crippen LogP contribution in [0.5, 0.6) is 0 Å². The lowest BCUT2D eigenvalue weighted by atomic mass is 10.2. The second kappa shape index (κ2) is 7.25. The predicted molar refractivity (Wildman–Crippen MR) is 70.0 cm³/mol. The highest BCUT2D eigenvalue weighted by molar-refractivity contribution is 6.35. The quantitative estimate of drug-likeness (QED) is 0.487. The van der Waals surface area contributed by atoms with Gasteiger partial charge in [0, 0.05) is 11.6 Å². The van der Waals surface area contributed by atoms with E-state index in [9.17, 15) is 14.0 Å². The Hall–Kier alpha value is -2.24. The van der Waals surface area contributed by atoms with Crippen molar-refractivity contribution in [1.82, 2.24) is 10.7 Å². The summed E-state index contributed by atoms with van der Waals surface area (Å²) in [5.74, 6) is -2.10. The molecule has 5 nitrogen and oxygen atoms in total. The number of nitrogens with zero attached hydrogens (tertiary/aromatic N) is 1. The normalized spacial score (nSPS) is 12.2. The Balaban J connectivity index is 2.50. The lowest BCUT2D eigenvalue weighted by Gasteiger charge is -2.09. The molecule has 0 radical (unpaired) electrons. The Morgan fingerprint density at radius 2 is 2.05 bits per heavy atom. The maximum atomic E-state index is 13.2. The number of halogens is 1. The van der Waals surface area contributed by atoms with E-state index in [-0.39, 0.29) is 11.6 Å². The summed E-state index contributed by atoms with van der Waals surface area (Å²) in [6.45, 7) is 3.67. The summed E-state index contributed by atoms with van der Waals surface area (Å²) in [6.07, 6.45) is 1.86. The Morgan fingerprint density at radius 3 is 2.68 bits per heavy atom. The fourth-order valence-electron chi connectivity index (χ4n) is 1.18. The average Bonchev–Trinajstić information content (AvgIpc) is 2.40. The van der Waals surface area contributed by atoms with Crippen LogP contribution in [0.1, 0.15) is 25.8 Å². The molecule has 2 amide bonds. The number of hydrogen-bond acceptors (Lipinski definition) is 3. The van der Waals surface area contributed by atoms with Crippen LogP contribution < -0.4 is 10.7 Å². The van der Waals surface area contributed by atoms with Gasteiger partial charge in [0.1, 0.15) is 5.82 Å². The fourth-order valence-corrected chi connectivity index (χ4v) is 1.18. The van der Waals surface area contributed by atoms with Gasteiger partial charge in [-0.3, -0.25) is 9.59 Å². The van der Waals surface area contributed by atoms with Crippen LogP contribution in [-0.2, 0) is 9.59 Å². The molecule has 2 N–H and O–H groups in total. The molecule has 0 aliphatic heterocycles. The van der Waals surface area contributed by atoms with Crippen LogP contribution in [0, 0.1) is 5.82 Å². The van der Waals surface area contributed by atoms with E-state index in [0.717, 1.165) is 12.6 Å². The Morgan fingerprint density at radius 1 is 1.37 bits per heavy atom. The largest absolute Gasteiger partial charge is 0.345 e. The van der Waals surface area contributed by atoms with Gasteiger partial charge in [0.05, 0.1) is 6.21 Å². The maximum absolute atomic E-state index is 13.2. The Labute approximate surface area is 110 Å². The fraction of sp³-hybridized carbons (Fsp3) is 0.308. The smallest absolute Gasteiger partial charge is 0.329 e. The lowest BCUT2D eigenvalue weighted by Crippen LogP contribution is -2.41. The van der Waals surface area contributed by atoms with E-state index in [1.807, 2.05) is 12.3 Å². The summed E-state index contributed by atoms with van der Waals surface area (Å²) in [4.78, 5) is 22.7. The molecule has 0 heterocycles. The van der Waals surface area contributed by atoms with E-state index in [2.05, 4.69) is 10.4 Å². The Kier molecular flexibility index (Phi) is 5.66. The number of carbonyl (C=O) groups is 2. The molecule has 0 saturated heterocycles. The summed E-state index contributed by atoms with van der Waals surface area (Å²) in [6, 6.07) is 5.88. The van der Waals surface area contributed by atoms with Crippen LogP contribution in [0.2, 0.25) is 0 Å². The molecule has 0 saturated carbocycles. The summed E-state index contributed by atoms with van der Waals surface area (Å²) in [5.41, 5.74) is 2.27. The van der Waals surface area contributed by atoms with Crippen molar-refractivity contribution in [3.63, 3.8) is 0 Å². The van der Waals surface area contributed by atoms with Gasteiger partial charge in [0.15, 0.2) is 0 Å². The number of nitrogens with one attached hydrogen (secondary N) is 2. The van der Waals surface area contributed by atoms with E-state index in [0.29, 0.717) is 0 Å². The SMILES string of the molecule is CC[C@H](C)NC(=O)C(=O)N/N=C\c1ccccc1F. The van der Waals surface area contributed by atoms with E-state index in [1.54, 1.807) is 19.1 Å². The van der Waals surface area contributed by atoms with Crippen LogP contribution in [0.25, 0.3) is 0 Å². The summed E-state index contributed by atoms with van der Waals surface area (Å²) < 4.78 is 13.2. The van der Waals surface area contributed by atoms with Gasteiger partial charge in [-0.25, -0.2) is 9.82 Å². The van der Waals surface area contributed by atoms with Crippen molar-refractivity contribution < 1.29 is 14.0 Å². The van der Waals surface area contributed by atoms with Crippen molar-refractivity contribution in [2.75, 3.05) is 0 Å². The standard InChI is InChI=1S/C13H16FN3O2/c1-3-9(2)16-12(18)13(19)17-15-8-10-6-4-5-7-11(10)14/h4-9H,3H2,1-2H3,(H,16,18)(H,17,19)/b15-8-/t9-/m0/s1. The average molecular weight is 265 g/mol. The molecule has 102 valence electrons. The van der Waals surface area contributed by atoms with Gasteiger partial charge in [0.2, 0.25) is 0 Å². The van der Waals surface area contributed by atoms with Gasteiger partial charge >= 0.3 is 11.8 Å². The first-order valence-electron chi connectivity index (χ1n) is 5.93. The number of hydrogen-bond donors (Lipinski definition) is 2. The molecule has 0 unspecified atom stereocenters. The second-order valence-corrected chi connectivity index (χ2v) is 4.00. The van der Waals surface area contributed by atoms with Crippen molar-refractivity contribution in [2.24, 2.45) is 5.10 Å². The first kappa shape index (κ1) is 14.8. The number of benzene rings is 1. The molecular weight excluding hydrogens is 249 g/mol. The summed E-state index contributed by atoms with van der Waals surface area (Å²) in [7, 11) is 0. The first-order chi connectivity index (χ1) is 9.04. The summed E-state index contributed by atoms with van der Waals surface area (Å²) >= 11 is 0. The molecule has 19 heavy (non-hydrogen) atoms. The lowest BCUT2D eigenvalue weighted by molar-refractivity contribution is -0.139. The number of amides is 2. The molecule has 1 aromatic carbocycles. The molecule has 0 aromatic heterocycles. The topological polar surface area (TPSA) is 70.6 Å². The molecule has 1 aromatic rings. The highest BCUT2D eigenvalue weighted by Crippen LogP contribution is 2.02. The van der Waals surface area contributed by atoms with E-state index in [1.165, 1.54) is 12.1 Å². The molecule has 0 spiro atoms. The Bertz CT molecular complexity index is 489. The zero-order valence-electron chi connectivity index (χ0n) is 10.8. The highest BCUT2D eigenvalue weighted by Gasteiger charge is 2.14. The van der Waals surface area contributed by atoms with Gasteiger partial charge in [-0.15, -0.1) is 0 Å². The third-order valence-electron chi connectivity index (χ3n) is 2.47. The number of carbonyl (C=O) groups excluding carboxylic acids is 2. The van der Waals surface area contributed by atoms with Gasteiger partial charge in [-0.1, -0.05) is 25.1 Å². The minimum Gasteiger partial charge on any atom is -0.345 e. The van der Waals surface area contributed by atoms with Crippen LogP contribution in [0.3, 0.4) is 0 Å². The maximum Gasteiger partial charge on any atom is 0.329 e. The molecule has 6 heteroatoms. The van der Waals surface area contributed by atoms with E-state index >= 15 is 0 Å². The van der Waals surface area contributed by atoms with Crippen molar-refractivity contribution in [3.05, 3.63) is 35.6 Å². The van der Waals surface area contributed by atoms with E-state index < -0.39 is 17.6 Å². The third-order valence-corrected chi connectivity index (χ3v) is 2.47. The molecule has 1 rings (SSSR count). The second-order valence-electron chi connectivity index (χ2n) is 4.00. The number of rotatable bonds is 4. The first-order valence-corrected chi connectivity index (χ1v) is 5.93. The highest BCUT2D eigenvalue weighted by atomic mass is 19.1. The molecule has 0 aliphatic rings. The zero-order chi connectivity index (χ0) is 14.3. The zero-order valence-corrected chi connectivity index (χ0v) is 10.8. The van der Waals surface area contributed by atoms with Crippen molar-refractivity contribution >= 4 is 18.0 Å². The molecule has 1 atom stereocenters. The van der Waals surface area contributed by atoms with E-state index in [4.69, 9.17) is 0 Å². The molecular formula is C13H16FN3O2. The van der Waals surface area contributed by atoms with Gasteiger partial charge in [0.25, 0.3) is 0 Å². The van der Waals surface area contributed by atoms with Gasteiger partial charge in [-0.05, 0) is 19.4 Å². The molecule has 0 aliphatic carbocycles. The van der Waals surface area contributed by atoms with Crippen molar-refractivity contribution in [3.8, 4) is 0 Å². The van der Waals surface area contributed by atoms with Crippen molar-refractivity contribution in [2.45, 2.75) is 26.3 Å². The van der Waals surface area contributed by atoms with Crippen LogP contribution in [0.4, 0.5) is 4.39 Å². The minimum atomic E-state index is -0.882. The van der Waals surface area contributed by atoms with Gasteiger partial charge < -0.3 is 5.32 Å². The van der Waals surface area contributed by atoms with Crippen molar-refractivity contribution in [1.29, 1.82) is 0 Å². The minimum absolute atomic E-state index is 0.0891. The van der Waals surface area contributed by atoms with Gasteiger partial charge in [-0.2, -0.15) is 5.10 Å². The van der Waals surface area contributed by atoms with Crippen LogP contribution >= 0.6 is 0 Å². The summed E-state index contributed by atoms with van der Waals surface area (Å²) in [5, 5.41) is 6.02.